The molecule has 2 aliphatic heterocycles. The molecule has 0 spiro atoms. The number of carbonyl (C=O) groups excluding carboxylic acids is 2. The Morgan fingerprint density at radius 1 is 0.579 bits per heavy atom. The Morgan fingerprint density at radius 2 is 1.11 bits per heavy atom. The van der Waals surface area contributed by atoms with Crippen LogP contribution >= 0.6 is 0 Å². The fourth-order valence-electron chi connectivity index (χ4n) is 5.95. The molecule has 7 N–H and O–H groups in total. The van der Waals surface area contributed by atoms with Gasteiger partial charge in [0.25, 0.3) is 0 Å². The summed E-state index contributed by atoms with van der Waals surface area (Å²) in [6, 6.07) is 0. The molecule has 0 aromatic rings. The van der Waals surface area contributed by atoms with Crippen molar-refractivity contribution in [1.82, 2.24) is 0 Å². The number of aliphatic hydroxyl groups excluding tert-OH is 7. The van der Waals surface area contributed by atoms with Crippen molar-refractivity contribution in [2.75, 3.05) is 26.4 Å². The van der Waals surface area contributed by atoms with Gasteiger partial charge in [-0.2, -0.15) is 0 Å². The lowest BCUT2D eigenvalue weighted by molar-refractivity contribution is -0.332. The monoisotopic (exact) mass is 812 g/mol. The standard InChI is InChI=1S/C42H68O15/c1-3-5-7-9-11-13-14-15-16-17-19-21-23-25-34(45)55-30(27-52-33(44)24-22-20-18-12-10-8-6-4-2)28-53-41-40(51)38(49)36(47)32(57-41)29-54-42-39(50)37(48)35(46)31(26-43)56-42/h5,7,9,11,13-17,19,30-32,35-43,46-51H,3-4,6,8,10,12,18,20-29H2,1-2H3/b7-5+,11-9+,14-13+,16-15+,19-17+/t30?,31-,32-,35+,36+,37?,38?,39?,40?,41-,42-/m1/s1. The third-order valence-corrected chi connectivity index (χ3v) is 9.39. The first-order chi connectivity index (χ1) is 27.5. The zero-order valence-electron chi connectivity index (χ0n) is 33.5. The second kappa shape index (κ2) is 30.3. The maximum atomic E-state index is 12.8. The van der Waals surface area contributed by atoms with Crippen LogP contribution in [0, 0.1) is 0 Å². The first-order valence-electron chi connectivity index (χ1n) is 20.4. The normalized spacial score (nSPS) is 29.0. The Labute approximate surface area is 337 Å². The number of aliphatic hydroxyl groups is 7. The van der Waals surface area contributed by atoms with Gasteiger partial charge in [0.1, 0.15) is 55.4 Å². The summed E-state index contributed by atoms with van der Waals surface area (Å²) >= 11 is 0. The number of carbonyl (C=O) groups is 2. The molecule has 5 unspecified atom stereocenters. The van der Waals surface area contributed by atoms with E-state index in [1.807, 2.05) is 54.7 Å². The van der Waals surface area contributed by atoms with Gasteiger partial charge in [0.15, 0.2) is 18.7 Å². The molecule has 0 aromatic heterocycles. The molecule has 2 rings (SSSR count). The molecular weight excluding hydrogens is 744 g/mol. The minimum absolute atomic E-state index is 0.0670. The van der Waals surface area contributed by atoms with Gasteiger partial charge in [0, 0.05) is 12.8 Å². The molecule has 326 valence electrons. The van der Waals surface area contributed by atoms with Crippen LogP contribution in [0.3, 0.4) is 0 Å². The lowest BCUT2D eigenvalue weighted by Gasteiger charge is -2.42. The molecule has 0 bridgehead atoms. The predicted molar refractivity (Wildman–Crippen MR) is 210 cm³/mol. The van der Waals surface area contributed by atoms with Gasteiger partial charge in [-0.15, -0.1) is 0 Å². The summed E-state index contributed by atoms with van der Waals surface area (Å²) in [4.78, 5) is 25.4. The van der Waals surface area contributed by atoms with Crippen LogP contribution in [0.15, 0.2) is 60.8 Å². The van der Waals surface area contributed by atoms with Crippen molar-refractivity contribution < 1.29 is 73.8 Å². The zero-order chi connectivity index (χ0) is 41.8. The number of unbranched alkanes of at least 4 members (excludes halogenated alkanes) is 8. The summed E-state index contributed by atoms with van der Waals surface area (Å²) < 4.78 is 33.2. The Kier molecular flexibility index (Phi) is 26.7. The number of rotatable bonds is 28. The van der Waals surface area contributed by atoms with Crippen LogP contribution in [0.25, 0.3) is 0 Å². The molecule has 2 heterocycles. The van der Waals surface area contributed by atoms with E-state index in [2.05, 4.69) is 19.9 Å². The molecule has 15 nitrogen and oxygen atoms in total. The van der Waals surface area contributed by atoms with Crippen LogP contribution in [0.1, 0.15) is 97.3 Å². The Bertz CT molecular complexity index is 1230. The molecule has 57 heavy (non-hydrogen) atoms. The average molecular weight is 813 g/mol. The Balaban J connectivity index is 1.94. The molecular formula is C42H68O15. The minimum atomic E-state index is -1.78. The van der Waals surface area contributed by atoms with Gasteiger partial charge in [-0.05, 0) is 25.7 Å². The van der Waals surface area contributed by atoms with Crippen molar-refractivity contribution in [3.63, 3.8) is 0 Å². The highest BCUT2D eigenvalue weighted by Gasteiger charge is 2.47. The summed E-state index contributed by atoms with van der Waals surface area (Å²) in [5, 5.41) is 71.6. The van der Waals surface area contributed by atoms with Gasteiger partial charge in [0.05, 0.1) is 19.8 Å². The number of esters is 2. The minimum Gasteiger partial charge on any atom is -0.462 e. The van der Waals surface area contributed by atoms with Crippen molar-refractivity contribution in [2.45, 2.75) is 165 Å². The van der Waals surface area contributed by atoms with Crippen LogP contribution in [0.2, 0.25) is 0 Å². The second-order valence-electron chi connectivity index (χ2n) is 14.2. The average Bonchev–Trinajstić information content (AvgIpc) is 3.20. The van der Waals surface area contributed by atoms with Gasteiger partial charge in [-0.1, -0.05) is 120 Å². The molecule has 0 radical (unpaired) electrons. The number of hydrogen-bond acceptors (Lipinski definition) is 15. The number of allylic oxidation sites excluding steroid dienone is 10. The molecule has 2 fully saturated rings. The van der Waals surface area contributed by atoms with Crippen molar-refractivity contribution in [1.29, 1.82) is 0 Å². The third kappa shape index (κ3) is 20.1. The van der Waals surface area contributed by atoms with E-state index in [1.165, 1.54) is 25.7 Å². The van der Waals surface area contributed by atoms with E-state index in [0.717, 1.165) is 25.7 Å². The summed E-state index contributed by atoms with van der Waals surface area (Å²) in [7, 11) is 0. The molecule has 0 saturated carbocycles. The van der Waals surface area contributed by atoms with E-state index in [1.54, 1.807) is 0 Å². The largest absolute Gasteiger partial charge is 0.462 e. The zero-order valence-corrected chi connectivity index (χ0v) is 33.5. The van der Waals surface area contributed by atoms with Crippen LogP contribution in [0.5, 0.6) is 0 Å². The fraction of sp³-hybridized carbons (Fsp3) is 0.714. The molecule has 11 atom stereocenters. The Morgan fingerprint density at radius 3 is 1.72 bits per heavy atom. The van der Waals surface area contributed by atoms with Crippen molar-refractivity contribution >= 4 is 11.9 Å². The topological polar surface area (TPSA) is 231 Å². The second-order valence-corrected chi connectivity index (χ2v) is 14.2. The molecule has 0 aliphatic carbocycles. The number of ether oxygens (including phenoxy) is 6. The van der Waals surface area contributed by atoms with Crippen LogP contribution in [-0.2, 0) is 38.0 Å². The highest BCUT2D eigenvalue weighted by Crippen LogP contribution is 2.26. The SMILES string of the molecule is CC/C=C/C=C/C=C/C=C/C=C/CCCC(=O)OC(COC(=O)CCCCCCCCCC)CO[C@@H]1O[C@H](CO[C@@H]2O[C@H](CO)[C@H](O)C(O)C2O)[C@H](O)C(O)C1O. The van der Waals surface area contributed by atoms with Crippen LogP contribution in [-0.4, -0.2) is 142 Å². The molecule has 0 aromatic carbocycles. The molecule has 2 aliphatic rings. The van der Waals surface area contributed by atoms with Gasteiger partial charge in [-0.3, -0.25) is 9.59 Å². The Hall–Kier alpha value is -2.80. The fourth-order valence-corrected chi connectivity index (χ4v) is 5.95. The van der Waals surface area contributed by atoms with E-state index < -0.39 is 99.3 Å². The van der Waals surface area contributed by atoms with Gasteiger partial charge >= 0.3 is 11.9 Å². The van der Waals surface area contributed by atoms with Gasteiger partial charge in [0.2, 0.25) is 0 Å². The van der Waals surface area contributed by atoms with E-state index >= 15 is 0 Å². The first kappa shape index (κ1) is 50.3. The highest BCUT2D eigenvalue weighted by atomic mass is 16.7. The summed E-state index contributed by atoms with van der Waals surface area (Å²) in [5.74, 6) is -1.03. The van der Waals surface area contributed by atoms with E-state index in [4.69, 9.17) is 28.4 Å². The smallest absolute Gasteiger partial charge is 0.306 e. The van der Waals surface area contributed by atoms with Crippen LogP contribution in [0.4, 0.5) is 0 Å². The summed E-state index contributed by atoms with van der Waals surface area (Å²) in [6.45, 7) is 2.27. The van der Waals surface area contributed by atoms with E-state index in [9.17, 15) is 45.3 Å². The predicted octanol–water partition coefficient (Wildman–Crippen LogP) is 2.97. The first-order valence-corrected chi connectivity index (χ1v) is 20.4. The molecule has 0 amide bonds. The summed E-state index contributed by atoms with van der Waals surface area (Å²) in [6.07, 6.45) is 13.1. The van der Waals surface area contributed by atoms with Gasteiger partial charge in [-0.25, -0.2) is 0 Å². The highest BCUT2D eigenvalue weighted by molar-refractivity contribution is 5.70. The quantitative estimate of drug-likeness (QED) is 0.0342. The van der Waals surface area contributed by atoms with Gasteiger partial charge < -0.3 is 64.2 Å². The van der Waals surface area contributed by atoms with E-state index in [0.29, 0.717) is 19.3 Å². The maximum Gasteiger partial charge on any atom is 0.306 e. The van der Waals surface area contributed by atoms with Crippen LogP contribution < -0.4 is 0 Å². The van der Waals surface area contributed by atoms with Crippen molar-refractivity contribution in [3.8, 4) is 0 Å². The van der Waals surface area contributed by atoms with Crippen molar-refractivity contribution in [2.24, 2.45) is 0 Å². The maximum absolute atomic E-state index is 12.8. The molecule has 2 saturated heterocycles. The van der Waals surface area contributed by atoms with Crippen molar-refractivity contribution in [3.05, 3.63) is 60.8 Å². The summed E-state index contributed by atoms with van der Waals surface area (Å²) in [5.41, 5.74) is 0. The van der Waals surface area contributed by atoms with E-state index in [-0.39, 0.29) is 19.4 Å². The lowest BCUT2D eigenvalue weighted by Crippen LogP contribution is -2.61. The number of hydrogen-bond donors (Lipinski definition) is 7. The third-order valence-electron chi connectivity index (χ3n) is 9.39. The molecule has 15 heteroatoms. The lowest BCUT2D eigenvalue weighted by atomic mass is 9.98.